The number of aromatic carboxylic acids is 1. The maximum absolute atomic E-state index is 10.7. The molecule has 0 aliphatic heterocycles. The maximum Gasteiger partial charge on any atom is 0.338 e. The van der Waals surface area contributed by atoms with Gasteiger partial charge in [0.05, 0.1) is 18.7 Å². The molecule has 0 bridgehead atoms. The summed E-state index contributed by atoms with van der Waals surface area (Å²) in [6.07, 6.45) is 1.24. The van der Waals surface area contributed by atoms with E-state index < -0.39 is 5.97 Å². The fourth-order valence-electron chi connectivity index (χ4n) is 1.86. The fourth-order valence-corrected chi connectivity index (χ4v) is 1.86. The molecule has 0 aliphatic carbocycles. The largest absolute Gasteiger partial charge is 0.494 e. The summed E-state index contributed by atoms with van der Waals surface area (Å²) in [4.78, 5) is 10.7. The number of anilines is 1. The molecule has 5 heteroatoms. The number of carbonyl (C=O) groups is 1. The second-order valence-electron chi connectivity index (χ2n) is 4.37. The summed E-state index contributed by atoms with van der Waals surface area (Å²) in [7, 11) is 0. The smallest absolute Gasteiger partial charge is 0.338 e. The summed E-state index contributed by atoms with van der Waals surface area (Å²) in [6, 6.07) is 7.29. The molecular weight excluding hydrogens is 258 g/mol. The summed E-state index contributed by atoms with van der Waals surface area (Å²) < 4.78 is 10.6. The van der Waals surface area contributed by atoms with Gasteiger partial charge in [-0.1, -0.05) is 0 Å². The molecular formula is C15H17NO4. The van der Waals surface area contributed by atoms with Crippen LogP contribution in [0.25, 0.3) is 0 Å². The van der Waals surface area contributed by atoms with Crippen LogP contribution in [0, 0.1) is 6.92 Å². The van der Waals surface area contributed by atoms with E-state index in [-0.39, 0.29) is 5.56 Å². The summed E-state index contributed by atoms with van der Waals surface area (Å²) in [5.41, 5.74) is 2.17. The molecule has 106 valence electrons. The number of hydrogen-bond donors (Lipinski definition) is 2. The molecule has 1 aromatic carbocycles. The number of ether oxygens (including phenoxy) is 1. The molecule has 0 atom stereocenters. The van der Waals surface area contributed by atoms with Crippen LogP contribution in [0.3, 0.4) is 0 Å². The average Bonchev–Trinajstić information content (AvgIpc) is 2.87. The van der Waals surface area contributed by atoms with Gasteiger partial charge in [0.1, 0.15) is 17.8 Å². The van der Waals surface area contributed by atoms with Crippen LogP contribution in [-0.2, 0) is 6.54 Å². The second kappa shape index (κ2) is 6.14. The first kappa shape index (κ1) is 14.0. The number of furan rings is 1. The lowest BCUT2D eigenvalue weighted by molar-refractivity contribution is 0.0696. The molecule has 0 fully saturated rings. The molecule has 2 rings (SSSR count). The van der Waals surface area contributed by atoms with Crippen molar-refractivity contribution in [1.82, 2.24) is 0 Å². The molecule has 2 aromatic rings. The van der Waals surface area contributed by atoms with E-state index in [1.54, 1.807) is 0 Å². The van der Waals surface area contributed by atoms with Gasteiger partial charge in [-0.3, -0.25) is 0 Å². The monoisotopic (exact) mass is 275 g/mol. The Morgan fingerprint density at radius 3 is 2.80 bits per heavy atom. The molecule has 1 heterocycles. The van der Waals surface area contributed by atoms with E-state index in [0.29, 0.717) is 18.9 Å². The molecule has 0 unspecified atom stereocenters. The van der Waals surface area contributed by atoms with E-state index in [2.05, 4.69) is 5.32 Å². The number of benzene rings is 1. The van der Waals surface area contributed by atoms with Crippen molar-refractivity contribution in [2.45, 2.75) is 20.4 Å². The molecule has 0 spiro atoms. The summed E-state index contributed by atoms with van der Waals surface area (Å²) in [5, 5.41) is 12.0. The molecule has 0 aliphatic rings. The normalized spacial score (nSPS) is 10.3. The van der Waals surface area contributed by atoms with Crippen molar-refractivity contribution in [2.75, 3.05) is 11.9 Å². The maximum atomic E-state index is 10.7. The van der Waals surface area contributed by atoms with Crippen molar-refractivity contribution in [3.63, 3.8) is 0 Å². The highest BCUT2D eigenvalue weighted by Crippen LogP contribution is 2.22. The van der Waals surface area contributed by atoms with E-state index in [9.17, 15) is 4.79 Å². The Bertz CT molecular complexity index is 604. The van der Waals surface area contributed by atoms with Crippen molar-refractivity contribution in [3.05, 3.63) is 47.4 Å². The second-order valence-corrected chi connectivity index (χ2v) is 4.37. The molecule has 20 heavy (non-hydrogen) atoms. The van der Waals surface area contributed by atoms with Gasteiger partial charge in [-0.15, -0.1) is 0 Å². The molecule has 1 aromatic heterocycles. The van der Waals surface area contributed by atoms with E-state index in [0.717, 1.165) is 17.0 Å². The number of nitrogens with one attached hydrogen (secondary N) is 1. The highest BCUT2D eigenvalue weighted by molar-refractivity contribution is 5.87. The molecule has 5 nitrogen and oxygen atoms in total. The highest BCUT2D eigenvalue weighted by atomic mass is 16.5. The summed E-state index contributed by atoms with van der Waals surface area (Å²) in [5.74, 6) is 0.426. The van der Waals surface area contributed by atoms with Crippen molar-refractivity contribution in [3.8, 4) is 5.75 Å². The third-order valence-corrected chi connectivity index (χ3v) is 2.86. The Labute approximate surface area is 117 Å². The number of aryl methyl sites for hydroxylation is 1. The lowest BCUT2D eigenvalue weighted by Gasteiger charge is -2.10. The van der Waals surface area contributed by atoms with Crippen molar-refractivity contribution >= 4 is 11.7 Å². The van der Waals surface area contributed by atoms with Crippen molar-refractivity contribution in [1.29, 1.82) is 0 Å². The Morgan fingerprint density at radius 1 is 1.40 bits per heavy atom. The molecule has 2 N–H and O–H groups in total. The highest BCUT2D eigenvalue weighted by Gasteiger charge is 2.08. The van der Waals surface area contributed by atoms with Gasteiger partial charge >= 0.3 is 5.97 Å². The minimum atomic E-state index is -0.989. The number of rotatable bonds is 6. The zero-order valence-electron chi connectivity index (χ0n) is 11.5. The van der Waals surface area contributed by atoms with Gasteiger partial charge in [0.15, 0.2) is 0 Å². The lowest BCUT2D eigenvalue weighted by atomic mass is 10.2. The van der Waals surface area contributed by atoms with Crippen LogP contribution >= 0.6 is 0 Å². The average molecular weight is 275 g/mol. The molecule has 0 saturated heterocycles. The zero-order chi connectivity index (χ0) is 14.5. The van der Waals surface area contributed by atoms with Crippen LogP contribution in [-0.4, -0.2) is 17.7 Å². The molecule has 0 radical (unpaired) electrons. The SMILES string of the molecule is CCOc1ccc(NCc2cc(C(=O)O)co2)c(C)c1. The third-order valence-electron chi connectivity index (χ3n) is 2.86. The van der Waals surface area contributed by atoms with Crippen LogP contribution in [0.15, 0.2) is 34.9 Å². The number of carboxylic acids is 1. The van der Waals surface area contributed by atoms with Gasteiger partial charge in [-0.25, -0.2) is 4.79 Å². The van der Waals surface area contributed by atoms with Crippen LogP contribution in [0.1, 0.15) is 28.6 Å². The van der Waals surface area contributed by atoms with E-state index >= 15 is 0 Å². The van der Waals surface area contributed by atoms with Crippen molar-refractivity contribution in [2.24, 2.45) is 0 Å². The van der Waals surface area contributed by atoms with Gasteiger partial charge < -0.3 is 19.6 Å². The Morgan fingerprint density at radius 2 is 2.20 bits per heavy atom. The van der Waals surface area contributed by atoms with E-state index in [1.807, 2.05) is 32.0 Å². The van der Waals surface area contributed by atoms with Gasteiger partial charge in [0, 0.05) is 5.69 Å². The minimum absolute atomic E-state index is 0.158. The topological polar surface area (TPSA) is 71.7 Å². The first-order chi connectivity index (χ1) is 9.60. The number of carboxylic acid groups (broad SMARTS) is 1. The van der Waals surface area contributed by atoms with Crippen LogP contribution in [0.4, 0.5) is 5.69 Å². The molecule has 0 saturated carbocycles. The van der Waals surface area contributed by atoms with Crippen LogP contribution < -0.4 is 10.1 Å². The predicted octanol–water partition coefficient (Wildman–Crippen LogP) is 3.30. The first-order valence-corrected chi connectivity index (χ1v) is 6.38. The third kappa shape index (κ3) is 3.32. The molecule has 0 amide bonds. The Hall–Kier alpha value is -2.43. The van der Waals surface area contributed by atoms with Gasteiger partial charge in [-0.05, 0) is 43.7 Å². The van der Waals surface area contributed by atoms with E-state index in [4.69, 9.17) is 14.3 Å². The van der Waals surface area contributed by atoms with Gasteiger partial charge in [-0.2, -0.15) is 0 Å². The van der Waals surface area contributed by atoms with Crippen LogP contribution in [0.2, 0.25) is 0 Å². The van der Waals surface area contributed by atoms with Crippen LogP contribution in [0.5, 0.6) is 5.75 Å². The van der Waals surface area contributed by atoms with Gasteiger partial charge in [0.2, 0.25) is 0 Å². The Kier molecular flexibility index (Phi) is 4.30. The standard InChI is InChI=1S/C15H17NO4/c1-3-19-12-4-5-14(10(2)6-12)16-8-13-7-11(9-20-13)15(17)18/h4-7,9,16H,3,8H2,1-2H3,(H,17,18). The van der Waals surface area contributed by atoms with Crippen molar-refractivity contribution < 1.29 is 19.1 Å². The summed E-state index contributed by atoms with van der Waals surface area (Å²) in [6.45, 7) is 4.99. The number of hydrogen-bond acceptors (Lipinski definition) is 4. The zero-order valence-corrected chi connectivity index (χ0v) is 11.5. The Balaban J connectivity index is 2.01. The first-order valence-electron chi connectivity index (χ1n) is 6.38. The predicted molar refractivity (Wildman–Crippen MR) is 75.3 cm³/mol. The van der Waals surface area contributed by atoms with Gasteiger partial charge in [0.25, 0.3) is 0 Å². The van der Waals surface area contributed by atoms with E-state index in [1.165, 1.54) is 12.3 Å². The quantitative estimate of drug-likeness (QED) is 0.846. The fraction of sp³-hybridized carbons (Fsp3) is 0.267. The minimum Gasteiger partial charge on any atom is -0.494 e. The summed E-state index contributed by atoms with van der Waals surface area (Å²) >= 11 is 0. The lowest BCUT2D eigenvalue weighted by Crippen LogP contribution is -2.01.